The third-order valence-electron chi connectivity index (χ3n) is 4.51. The predicted octanol–water partition coefficient (Wildman–Crippen LogP) is 4.58. The molecule has 0 radical (unpaired) electrons. The van der Waals surface area contributed by atoms with Crippen LogP contribution in [-0.4, -0.2) is 19.1 Å². The number of carbonyl (C=O) groups is 1. The van der Waals surface area contributed by atoms with Crippen molar-refractivity contribution in [1.82, 2.24) is 5.32 Å². The van der Waals surface area contributed by atoms with E-state index in [1.54, 1.807) is 0 Å². The lowest BCUT2D eigenvalue weighted by Crippen LogP contribution is -2.28. The molecule has 0 saturated carbocycles. The van der Waals surface area contributed by atoms with Gasteiger partial charge >= 0.3 is 0 Å². The van der Waals surface area contributed by atoms with E-state index in [2.05, 4.69) is 42.6 Å². The molecule has 3 heteroatoms. The molecule has 0 unspecified atom stereocenters. The number of nitrogens with one attached hydrogen (secondary N) is 1. The summed E-state index contributed by atoms with van der Waals surface area (Å²) in [5, 5.41) is 5.38. The van der Waals surface area contributed by atoms with Crippen LogP contribution in [0.4, 0.5) is 0 Å². The molecule has 0 saturated heterocycles. The van der Waals surface area contributed by atoms with Gasteiger partial charge < -0.3 is 10.1 Å². The van der Waals surface area contributed by atoms with Gasteiger partial charge in [0.05, 0.1) is 6.54 Å². The lowest BCUT2D eigenvalue weighted by Gasteiger charge is -2.11. The smallest absolute Gasteiger partial charge is 0.220 e. The minimum absolute atomic E-state index is 0.0576. The molecule has 3 rings (SSSR count). The van der Waals surface area contributed by atoms with Gasteiger partial charge in [0.1, 0.15) is 12.4 Å². The molecule has 0 fully saturated rings. The Morgan fingerprint density at radius 2 is 1.81 bits per heavy atom. The van der Waals surface area contributed by atoms with Crippen LogP contribution in [0.3, 0.4) is 0 Å². The summed E-state index contributed by atoms with van der Waals surface area (Å²) in [6.45, 7) is 5.09. The van der Waals surface area contributed by atoms with E-state index in [0.717, 1.165) is 17.7 Å². The Morgan fingerprint density at radius 1 is 1.00 bits per heavy atom. The van der Waals surface area contributed by atoms with Crippen LogP contribution in [0.15, 0.2) is 60.7 Å². The molecule has 0 aliphatic heterocycles. The van der Waals surface area contributed by atoms with Crippen LogP contribution < -0.4 is 10.1 Å². The number of hydrogen-bond acceptors (Lipinski definition) is 2. The fraction of sp³-hybridized carbons (Fsp3) is 0.261. The van der Waals surface area contributed by atoms with Crippen molar-refractivity contribution in [1.29, 1.82) is 0 Å². The average Bonchev–Trinajstić information content (AvgIpc) is 2.65. The number of ether oxygens (including phenoxy) is 1. The minimum atomic E-state index is 0.0576. The maximum atomic E-state index is 12.1. The van der Waals surface area contributed by atoms with Crippen LogP contribution in [0, 0.1) is 13.8 Å². The monoisotopic (exact) mass is 347 g/mol. The Balaban J connectivity index is 1.44. The molecule has 1 amide bonds. The van der Waals surface area contributed by atoms with E-state index in [1.165, 1.54) is 21.9 Å². The quantitative estimate of drug-likeness (QED) is 0.635. The zero-order valence-corrected chi connectivity index (χ0v) is 15.4. The van der Waals surface area contributed by atoms with E-state index in [0.29, 0.717) is 19.6 Å². The number of hydrogen-bond donors (Lipinski definition) is 1. The number of aryl methyl sites for hydroxylation is 3. The number of amides is 1. The van der Waals surface area contributed by atoms with E-state index in [9.17, 15) is 4.79 Å². The molecule has 0 spiro atoms. The first-order valence-corrected chi connectivity index (χ1v) is 9.07. The van der Waals surface area contributed by atoms with Gasteiger partial charge in [0.2, 0.25) is 5.91 Å². The Morgan fingerprint density at radius 3 is 2.65 bits per heavy atom. The normalized spacial score (nSPS) is 10.7. The summed E-state index contributed by atoms with van der Waals surface area (Å²) in [6, 6.07) is 20.6. The molecule has 0 heterocycles. The van der Waals surface area contributed by atoms with Crippen molar-refractivity contribution in [2.24, 2.45) is 0 Å². The molecular formula is C23H25NO2. The van der Waals surface area contributed by atoms with Gasteiger partial charge in [0.25, 0.3) is 0 Å². The molecule has 0 bridgehead atoms. The summed E-state index contributed by atoms with van der Waals surface area (Å²) in [6.07, 6.45) is 1.22. The molecule has 3 aromatic carbocycles. The van der Waals surface area contributed by atoms with Crippen molar-refractivity contribution in [2.75, 3.05) is 13.2 Å². The largest absolute Gasteiger partial charge is 0.491 e. The molecule has 3 nitrogen and oxygen atoms in total. The van der Waals surface area contributed by atoms with Crippen LogP contribution in [-0.2, 0) is 11.2 Å². The molecule has 26 heavy (non-hydrogen) atoms. The highest BCUT2D eigenvalue weighted by Gasteiger charge is 2.05. The van der Waals surface area contributed by atoms with Gasteiger partial charge in [-0.2, -0.15) is 0 Å². The predicted molar refractivity (Wildman–Crippen MR) is 107 cm³/mol. The lowest BCUT2D eigenvalue weighted by atomic mass is 10.0. The summed E-state index contributed by atoms with van der Waals surface area (Å²) in [4.78, 5) is 12.1. The van der Waals surface area contributed by atoms with Crippen LogP contribution in [0.5, 0.6) is 5.75 Å². The highest BCUT2D eigenvalue weighted by atomic mass is 16.5. The highest BCUT2D eigenvalue weighted by Crippen LogP contribution is 2.20. The van der Waals surface area contributed by atoms with Gasteiger partial charge in [-0.25, -0.2) is 0 Å². The van der Waals surface area contributed by atoms with Gasteiger partial charge in [0, 0.05) is 6.42 Å². The second-order valence-corrected chi connectivity index (χ2v) is 6.61. The van der Waals surface area contributed by atoms with Crippen LogP contribution in [0.25, 0.3) is 10.8 Å². The molecule has 0 atom stereocenters. The number of fused-ring (bicyclic) bond motifs is 1. The standard InChI is InChI=1S/C23H25NO2/c1-17-10-12-22(18(2)16-17)26-15-14-24-23(25)13-11-20-8-5-7-19-6-3-4-9-21(19)20/h3-10,12,16H,11,13-15H2,1-2H3,(H,24,25). The molecule has 0 aliphatic carbocycles. The Kier molecular flexibility index (Phi) is 5.90. The second-order valence-electron chi connectivity index (χ2n) is 6.61. The fourth-order valence-electron chi connectivity index (χ4n) is 3.16. The summed E-state index contributed by atoms with van der Waals surface area (Å²) >= 11 is 0. The van der Waals surface area contributed by atoms with E-state index in [1.807, 2.05) is 37.3 Å². The Labute approximate surface area is 155 Å². The van der Waals surface area contributed by atoms with Gasteiger partial charge in [-0.05, 0) is 48.2 Å². The zero-order valence-electron chi connectivity index (χ0n) is 15.4. The summed E-state index contributed by atoms with van der Waals surface area (Å²) in [5.74, 6) is 0.933. The molecule has 3 aromatic rings. The second kappa shape index (κ2) is 8.52. The van der Waals surface area contributed by atoms with Gasteiger partial charge in [-0.3, -0.25) is 4.79 Å². The van der Waals surface area contributed by atoms with E-state index in [4.69, 9.17) is 4.74 Å². The van der Waals surface area contributed by atoms with Gasteiger partial charge in [0.15, 0.2) is 0 Å². The lowest BCUT2D eigenvalue weighted by molar-refractivity contribution is -0.121. The van der Waals surface area contributed by atoms with E-state index in [-0.39, 0.29) is 5.91 Å². The first-order chi connectivity index (χ1) is 12.6. The van der Waals surface area contributed by atoms with E-state index >= 15 is 0 Å². The third-order valence-corrected chi connectivity index (χ3v) is 4.51. The van der Waals surface area contributed by atoms with Crippen molar-refractivity contribution in [3.63, 3.8) is 0 Å². The molecule has 1 N–H and O–H groups in total. The molecular weight excluding hydrogens is 322 g/mol. The maximum Gasteiger partial charge on any atom is 0.220 e. The average molecular weight is 347 g/mol. The fourth-order valence-corrected chi connectivity index (χ4v) is 3.16. The van der Waals surface area contributed by atoms with Crippen LogP contribution >= 0.6 is 0 Å². The first kappa shape index (κ1) is 18.0. The first-order valence-electron chi connectivity index (χ1n) is 9.07. The molecule has 0 aromatic heterocycles. The van der Waals surface area contributed by atoms with Crippen molar-refractivity contribution in [2.45, 2.75) is 26.7 Å². The maximum absolute atomic E-state index is 12.1. The summed E-state index contributed by atoms with van der Waals surface area (Å²) < 4.78 is 5.75. The Hall–Kier alpha value is -2.81. The Bertz CT molecular complexity index is 896. The highest BCUT2D eigenvalue weighted by molar-refractivity contribution is 5.86. The molecule has 0 aliphatic rings. The topological polar surface area (TPSA) is 38.3 Å². The van der Waals surface area contributed by atoms with Crippen LogP contribution in [0.2, 0.25) is 0 Å². The van der Waals surface area contributed by atoms with Crippen LogP contribution in [0.1, 0.15) is 23.1 Å². The summed E-state index contributed by atoms with van der Waals surface area (Å²) in [5.41, 5.74) is 3.55. The van der Waals surface area contributed by atoms with Crippen molar-refractivity contribution in [3.8, 4) is 5.75 Å². The van der Waals surface area contributed by atoms with Crippen molar-refractivity contribution >= 4 is 16.7 Å². The minimum Gasteiger partial charge on any atom is -0.491 e. The SMILES string of the molecule is Cc1ccc(OCCNC(=O)CCc2cccc3ccccc23)c(C)c1. The summed E-state index contributed by atoms with van der Waals surface area (Å²) in [7, 11) is 0. The number of benzene rings is 3. The third kappa shape index (κ3) is 4.63. The number of carbonyl (C=O) groups excluding carboxylic acids is 1. The van der Waals surface area contributed by atoms with E-state index < -0.39 is 0 Å². The van der Waals surface area contributed by atoms with Crippen molar-refractivity contribution in [3.05, 3.63) is 77.4 Å². The molecule has 134 valence electrons. The van der Waals surface area contributed by atoms with Crippen molar-refractivity contribution < 1.29 is 9.53 Å². The number of rotatable bonds is 7. The van der Waals surface area contributed by atoms with Gasteiger partial charge in [-0.1, -0.05) is 60.2 Å². The van der Waals surface area contributed by atoms with Gasteiger partial charge in [-0.15, -0.1) is 0 Å². The zero-order chi connectivity index (χ0) is 18.4.